The molecule has 1 N–H and O–H groups in total. The SMILES string of the molecule is COc1ccc(C(CNC(=O)Cc2ccc3c(c2)CCC3)N2CCOCC2)cc1OC. The molecule has 2 aromatic carbocycles. The molecule has 2 aromatic rings. The Balaban J connectivity index is 1.45. The van der Waals surface area contributed by atoms with E-state index in [4.69, 9.17) is 14.2 Å². The van der Waals surface area contributed by atoms with E-state index >= 15 is 0 Å². The average molecular weight is 425 g/mol. The minimum absolute atomic E-state index is 0.0488. The Bertz CT molecular complexity index is 908. The number of aryl methyl sites for hydroxylation is 2. The van der Waals surface area contributed by atoms with Gasteiger partial charge in [-0.3, -0.25) is 9.69 Å². The van der Waals surface area contributed by atoms with E-state index in [1.807, 2.05) is 18.2 Å². The number of ether oxygens (including phenoxy) is 3. The molecule has 1 amide bonds. The molecular weight excluding hydrogens is 392 g/mol. The lowest BCUT2D eigenvalue weighted by Gasteiger charge is -2.35. The van der Waals surface area contributed by atoms with Crippen molar-refractivity contribution in [3.63, 3.8) is 0 Å². The quantitative estimate of drug-likeness (QED) is 0.706. The number of morpholine rings is 1. The molecule has 1 atom stereocenters. The van der Waals surface area contributed by atoms with Crippen molar-refractivity contribution in [3.8, 4) is 11.5 Å². The highest BCUT2D eigenvalue weighted by atomic mass is 16.5. The van der Waals surface area contributed by atoms with Crippen LogP contribution in [0.15, 0.2) is 36.4 Å². The first-order valence-electron chi connectivity index (χ1n) is 11.1. The highest BCUT2D eigenvalue weighted by Crippen LogP contribution is 2.32. The third kappa shape index (κ3) is 5.20. The van der Waals surface area contributed by atoms with Crippen LogP contribution in [0.4, 0.5) is 0 Å². The Morgan fingerprint density at radius 2 is 1.81 bits per heavy atom. The van der Waals surface area contributed by atoms with Gasteiger partial charge in [0, 0.05) is 19.6 Å². The summed E-state index contributed by atoms with van der Waals surface area (Å²) in [6.07, 6.45) is 3.92. The summed E-state index contributed by atoms with van der Waals surface area (Å²) in [5, 5.41) is 3.17. The molecule has 6 heteroatoms. The van der Waals surface area contributed by atoms with Gasteiger partial charge in [0.1, 0.15) is 0 Å². The lowest BCUT2D eigenvalue weighted by Crippen LogP contribution is -2.44. The monoisotopic (exact) mass is 424 g/mol. The number of carbonyl (C=O) groups excluding carboxylic acids is 1. The van der Waals surface area contributed by atoms with Gasteiger partial charge >= 0.3 is 0 Å². The van der Waals surface area contributed by atoms with Gasteiger partial charge in [0.15, 0.2) is 11.5 Å². The van der Waals surface area contributed by atoms with Crippen molar-refractivity contribution >= 4 is 5.91 Å². The molecule has 1 aliphatic carbocycles. The highest BCUT2D eigenvalue weighted by molar-refractivity contribution is 5.78. The zero-order valence-corrected chi connectivity index (χ0v) is 18.5. The van der Waals surface area contributed by atoms with Crippen molar-refractivity contribution in [2.24, 2.45) is 0 Å². The number of methoxy groups -OCH3 is 2. The zero-order chi connectivity index (χ0) is 21.6. The van der Waals surface area contributed by atoms with Crippen LogP contribution in [0.2, 0.25) is 0 Å². The van der Waals surface area contributed by atoms with E-state index in [1.54, 1.807) is 14.2 Å². The van der Waals surface area contributed by atoms with Crippen molar-refractivity contribution in [3.05, 3.63) is 58.7 Å². The zero-order valence-electron chi connectivity index (χ0n) is 18.5. The van der Waals surface area contributed by atoms with Gasteiger partial charge < -0.3 is 19.5 Å². The lowest BCUT2D eigenvalue weighted by molar-refractivity contribution is -0.120. The topological polar surface area (TPSA) is 60.0 Å². The van der Waals surface area contributed by atoms with E-state index in [2.05, 4.69) is 28.4 Å². The highest BCUT2D eigenvalue weighted by Gasteiger charge is 2.24. The minimum atomic E-state index is 0.0488. The van der Waals surface area contributed by atoms with Crippen LogP contribution in [0.3, 0.4) is 0 Å². The molecule has 166 valence electrons. The molecule has 6 nitrogen and oxygen atoms in total. The average Bonchev–Trinajstić information content (AvgIpc) is 3.27. The molecule has 0 bridgehead atoms. The van der Waals surface area contributed by atoms with Crippen LogP contribution in [0.5, 0.6) is 11.5 Å². The molecule has 2 aliphatic rings. The van der Waals surface area contributed by atoms with Gasteiger partial charge in [-0.2, -0.15) is 0 Å². The van der Waals surface area contributed by atoms with E-state index in [0.29, 0.717) is 37.7 Å². The van der Waals surface area contributed by atoms with Gasteiger partial charge in [0.25, 0.3) is 0 Å². The smallest absolute Gasteiger partial charge is 0.224 e. The first-order chi connectivity index (χ1) is 15.2. The van der Waals surface area contributed by atoms with Crippen molar-refractivity contribution < 1.29 is 19.0 Å². The summed E-state index contributed by atoms with van der Waals surface area (Å²) in [5.74, 6) is 1.45. The molecule has 1 heterocycles. The fraction of sp³-hybridized carbons (Fsp3) is 0.480. The van der Waals surface area contributed by atoms with Gasteiger partial charge in [0.05, 0.1) is 39.9 Å². The van der Waals surface area contributed by atoms with E-state index < -0.39 is 0 Å². The summed E-state index contributed by atoms with van der Waals surface area (Å²) in [6, 6.07) is 12.5. The molecule has 1 unspecified atom stereocenters. The van der Waals surface area contributed by atoms with Crippen LogP contribution in [0.25, 0.3) is 0 Å². The number of carbonyl (C=O) groups is 1. The van der Waals surface area contributed by atoms with E-state index in [9.17, 15) is 4.79 Å². The maximum Gasteiger partial charge on any atom is 0.224 e. The van der Waals surface area contributed by atoms with Crippen molar-refractivity contribution in [1.82, 2.24) is 10.2 Å². The second-order valence-electron chi connectivity index (χ2n) is 8.22. The third-order valence-corrected chi connectivity index (χ3v) is 6.30. The van der Waals surface area contributed by atoms with E-state index in [1.165, 1.54) is 17.5 Å². The maximum absolute atomic E-state index is 12.8. The van der Waals surface area contributed by atoms with Crippen LogP contribution in [-0.4, -0.2) is 57.9 Å². The van der Waals surface area contributed by atoms with E-state index in [-0.39, 0.29) is 11.9 Å². The molecule has 1 fully saturated rings. The fourth-order valence-corrected chi connectivity index (χ4v) is 4.60. The molecule has 0 saturated carbocycles. The van der Waals surface area contributed by atoms with Crippen LogP contribution < -0.4 is 14.8 Å². The number of rotatable bonds is 8. The number of nitrogens with one attached hydrogen (secondary N) is 1. The van der Waals surface area contributed by atoms with Gasteiger partial charge in [-0.25, -0.2) is 0 Å². The molecule has 0 aromatic heterocycles. The Labute approximate surface area is 184 Å². The number of fused-ring (bicyclic) bond motifs is 1. The predicted molar refractivity (Wildman–Crippen MR) is 120 cm³/mol. The lowest BCUT2D eigenvalue weighted by atomic mass is 10.0. The second kappa shape index (κ2) is 10.2. The second-order valence-corrected chi connectivity index (χ2v) is 8.22. The van der Waals surface area contributed by atoms with Gasteiger partial charge in [-0.05, 0) is 53.6 Å². The summed E-state index contributed by atoms with van der Waals surface area (Å²) in [4.78, 5) is 15.1. The molecule has 1 saturated heterocycles. The first kappa shape index (κ1) is 21.7. The standard InChI is InChI=1S/C25H32N2O4/c1-29-23-9-8-21(16-24(23)30-2)22(27-10-12-31-13-11-27)17-26-25(28)15-18-6-7-19-4-3-5-20(19)14-18/h6-9,14,16,22H,3-5,10-13,15,17H2,1-2H3,(H,26,28). The Morgan fingerprint density at radius 3 is 2.58 bits per heavy atom. The van der Waals surface area contributed by atoms with Gasteiger partial charge in [0.2, 0.25) is 5.91 Å². The normalized spacial score (nSPS) is 17.1. The Morgan fingerprint density at radius 1 is 1.03 bits per heavy atom. The number of benzene rings is 2. The summed E-state index contributed by atoms with van der Waals surface area (Å²) in [7, 11) is 3.28. The summed E-state index contributed by atoms with van der Waals surface area (Å²) in [5.41, 5.74) is 5.02. The summed E-state index contributed by atoms with van der Waals surface area (Å²) in [6.45, 7) is 3.61. The van der Waals surface area contributed by atoms with Crippen molar-refractivity contribution in [2.75, 3.05) is 47.1 Å². The van der Waals surface area contributed by atoms with Crippen LogP contribution in [-0.2, 0) is 28.8 Å². The number of nitrogens with zero attached hydrogens (tertiary/aromatic N) is 1. The minimum Gasteiger partial charge on any atom is -0.493 e. The summed E-state index contributed by atoms with van der Waals surface area (Å²) < 4.78 is 16.4. The van der Waals surface area contributed by atoms with Crippen LogP contribution in [0, 0.1) is 0 Å². The molecular formula is C25H32N2O4. The largest absolute Gasteiger partial charge is 0.493 e. The molecule has 31 heavy (non-hydrogen) atoms. The number of hydrogen-bond donors (Lipinski definition) is 1. The molecule has 4 rings (SSSR count). The molecule has 0 spiro atoms. The maximum atomic E-state index is 12.8. The predicted octanol–water partition coefficient (Wildman–Crippen LogP) is 2.92. The van der Waals surface area contributed by atoms with E-state index in [0.717, 1.165) is 37.1 Å². The Hall–Kier alpha value is -2.57. The number of amides is 1. The van der Waals surface area contributed by atoms with Crippen molar-refractivity contribution in [2.45, 2.75) is 31.7 Å². The van der Waals surface area contributed by atoms with Gasteiger partial charge in [-0.15, -0.1) is 0 Å². The molecule has 1 aliphatic heterocycles. The number of hydrogen-bond acceptors (Lipinski definition) is 5. The van der Waals surface area contributed by atoms with Crippen LogP contribution in [0.1, 0.15) is 34.7 Å². The fourth-order valence-electron chi connectivity index (χ4n) is 4.60. The summed E-state index contributed by atoms with van der Waals surface area (Å²) >= 11 is 0. The molecule has 0 radical (unpaired) electrons. The van der Waals surface area contributed by atoms with Crippen LogP contribution >= 0.6 is 0 Å². The first-order valence-corrected chi connectivity index (χ1v) is 11.1. The third-order valence-electron chi connectivity index (χ3n) is 6.30. The van der Waals surface area contributed by atoms with Crippen molar-refractivity contribution in [1.29, 1.82) is 0 Å². The Kier molecular flexibility index (Phi) is 7.10. The van der Waals surface area contributed by atoms with Gasteiger partial charge in [-0.1, -0.05) is 24.3 Å².